The van der Waals surface area contributed by atoms with E-state index in [1.165, 1.54) is 27.9 Å². The van der Waals surface area contributed by atoms with Gasteiger partial charge in [0.1, 0.15) is 6.10 Å². The number of aliphatic hydroxyl groups is 1. The SMILES string of the molecule is CN(C)C(=O)C[C@@H](O)c1cc2n(n1)CCN(C1CSCCSC1)C2. The third-order valence-electron chi connectivity index (χ3n) is 4.56. The number of fused-ring (bicyclic) bond motifs is 1. The molecule has 0 spiro atoms. The van der Waals surface area contributed by atoms with Gasteiger partial charge in [-0.3, -0.25) is 14.4 Å². The second-order valence-corrected chi connectivity index (χ2v) is 8.87. The van der Waals surface area contributed by atoms with E-state index in [9.17, 15) is 9.90 Å². The van der Waals surface area contributed by atoms with Crippen LogP contribution in [0.3, 0.4) is 0 Å². The zero-order valence-electron chi connectivity index (χ0n) is 14.3. The Hall–Kier alpha value is -0.700. The van der Waals surface area contributed by atoms with Crippen LogP contribution in [0.4, 0.5) is 0 Å². The molecule has 1 amide bonds. The highest BCUT2D eigenvalue weighted by Gasteiger charge is 2.27. The fourth-order valence-corrected chi connectivity index (χ4v) is 5.68. The Labute approximate surface area is 151 Å². The standard InChI is InChI=1S/C16H26N4O2S2/c1-18(2)16(22)8-15(21)14-7-12-9-19(3-4-20(12)17-14)13-10-23-5-6-24-11-13/h7,13,15,21H,3-6,8-11H2,1-2H3/t15-/m1/s1. The van der Waals surface area contributed by atoms with Gasteiger partial charge in [-0.2, -0.15) is 28.6 Å². The van der Waals surface area contributed by atoms with Crippen molar-refractivity contribution in [1.29, 1.82) is 0 Å². The predicted octanol–water partition coefficient (Wildman–Crippen LogP) is 1.06. The molecule has 24 heavy (non-hydrogen) atoms. The maximum atomic E-state index is 11.8. The lowest BCUT2D eigenvalue weighted by molar-refractivity contribution is -0.130. The van der Waals surface area contributed by atoms with Crippen LogP contribution in [0.25, 0.3) is 0 Å². The van der Waals surface area contributed by atoms with E-state index in [4.69, 9.17) is 0 Å². The van der Waals surface area contributed by atoms with E-state index in [-0.39, 0.29) is 12.3 Å². The van der Waals surface area contributed by atoms with Crippen molar-refractivity contribution < 1.29 is 9.90 Å². The maximum Gasteiger partial charge on any atom is 0.225 e. The topological polar surface area (TPSA) is 61.6 Å². The number of aromatic nitrogens is 2. The van der Waals surface area contributed by atoms with Crippen molar-refractivity contribution in [3.8, 4) is 0 Å². The van der Waals surface area contributed by atoms with Gasteiger partial charge in [-0.25, -0.2) is 0 Å². The van der Waals surface area contributed by atoms with Crippen LogP contribution in [0.5, 0.6) is 0 Å². The van der Waals surface area contributed by atoms with E-state index in [0.29, 0.717) is 11.7 Å². The van der Waals surface area contributed by atoms with E-state index in [0.717, 1.165) is 25.3 Å². The van der Waals surface area contributed by atoms with Crippen molar-refractivity contribution in [2.45, 2.75) is 31.7 Å². The molecular formula is C16H26N4O2S2. The smallest absolute Gasteiger partial charge is 0.225 e. The van der Waals surface area contributed by atoms with E-state index >= 15 is 0 Å². The molecule has 0 bridgehead atoms. The number of carbonyl (C=O) groups is 1. The lowest BCUT2D eigenvalue weighted by atomic mass is 10.1. The molecule has 2 aliphatic heterocycles. The Bertz CT molecular complexity index is 570. The van der Waals surface area contributed by atoms with Crippen molar-refractivity contribution >= 4 is 29.4 Å². The summed E-state index contributed by atoms with van der Waals surface area (Å²) < 4.78 is 1.99. The normalized spacial score (nSPS) is 21.1. The van der Waals surface area contributed by atoms with Gasteiger partial charge in [0.15, 0.2) is 0 Å². The van der Waals surface area contributed by atoms with Gasteiger partial charge in [0.2, 0.25) is 5.91 Å². The summed E-state index contributed by atoms with van der Waals surface area (Å²) >= 11 is 4.10. The van der Waals surface area contributed by atoms with Gasteiger partial charge in [-0.1, -0.05) is 0 Å². The van der Waals surface area contributed by atoms with Crippen molar-refractivity contribution in [3.05, 3.63) is 17.5 Å². The quantitative estimate of drug-likeness (QED) is 0.855. The summed E-state index contributed by atoms with van der Waals surface area (Å²) in [7, 11) is 3.40. The summed E-state index contributed by atoms with van der Waals surface area (Å²) in [5.41, 5.74) is 1.76. The third-order valence-corrected chi connectivity index (χ3v) is 7.05. The van der Waals surface area contributed by atoms with Crippen molar-refractivity contribution in [2.24, 2.45) is 0 Å². The van der Waals surface area contributed by atoms with Crippen molar-refractivity contribution in [2.75, 3.05) is 43.7 Å². The fraction of sp³-hybridized carbons (Fsp3) is 0.750. The fourth-order valence-electron chi connectivity index (χ4n) is 3.05. The average Bonchev–Trinajstić information content (AvgIpc) is 2.80. The molecule has 8 heteroatoms. The molecule has 1 aromatic rings. The van der Waals surface area contributed by atoms with Crippen LogP contribution in [0.15, 0.2) is 6.07 Å². The molecule has 0 radical (unpaired) electrons. The summed E-state index contributed by atoms with van der Waals surface area (Å²) in [5, 5.41) is 14.8. The molecule has 2 aliphatic rings. The second kappa shape index (κ2) is 8.12. The Kier molecular flexibility index (Phi) is 6.12. The Balaban J connectivity index is 1.64. The monoisotopic (exact) mass is 370 g/mol. The van der Waals surface area contributed by atoms with Gasteiger partial charge >= 0.3 is 0 Å². The summed E-state index contributed by atoms with van der Waals surface area (Å²) in [4.78, 5) is 15.8. The van der Waals surface area contributed by atoms with Crippen LogP contribution in [0, 0.1) is 0 Å². The van der Waals surface area contributed by atoms with Gasteiger partial charge < -0.3 is 10.0 Å². The Morgan fingerprint density at radius 1 is 1.38 bits per heavy atom. The number of hydrogen-bond acceptors (Lipinski definition) is 6. The Morgan fingerprint density at radius 2 is 2.08 bits per heavy atom. The van der Waals surface area contributed by atoms with Gasteiger partial charge in [-0.05, 0) is 6.07 Å². The minimum absolute atomic E-state index is 0.0809. The number of rotatable bonds is 4. The number of carbonyl (C=O) groups excluding carboxylic acids is 1. The van der Waals surface area contributed by atoms with Crippen LogP contribution >= 0.6 is 23.5 Å². The largest absolute Gasteiger partial charge is 0.386 e. The van der Waals surface area contributed by atoms with Crippen molar-refractivity contribution in [1.82, 2.24) is 19.6 Å². The molecule has 0 aliphatic carbocycles. The predicted molar refractivity (Wildman–Crippen MR) is 99.3 cm³/mol. The van der Waals surface area contributed by atoms with E-state index in [1.807, 2.05) is 10.7 Å². The molecule has 1 fully saturated rings. The molecule has 1 saturated heterocycles. The van der Waals surface area contributed by atoms with Gasteiger partial charge in [-0.15, -0.1) is 0 Å². The number of nitrogens with zero attached hydrogens (tertiary/aromatic N) is 4. The second-order valence-electron chi connectivity index (χ2n) is 6.57. The molecule has 0 unspecified atom stereocenters. The molecular weight excluding hydrogens is 344 g/mol. The lowest BCUT2D eigenvalue weighted by Crippen LogP contribution is -2.43. The van der Waals surface area contributed by atoms with Crippen molar-refractivity contribution in [3.63, 3.8) is 0 Å². The highest BCUT2D eigenvalue weighted by molar-refractivity contribution is 8.03. The molecule has 3 heterocycles. The van der Waals surface area contributed by atoms with E-state index < -0.39 is 6.10 Å². The number of aliphatic hydroxyl groups excluding tert-OH is 1. The Morgan fingerprint density at radius 3 is 2.75 bits per heavy atom. The maximum absolute atomic E-state index is 11.8. The van der Waals surface area contributed by atoms with E-state index in [1.54, 1.807) is 14.1 Å². The van der Waals surface area contributed by atoms with Crippen LogP contribution in [-0.4, -0.2) is 80.3 Å². The van der Waals surface area contributed by atoms with Gasteiger partial charge in [0.05, 0.1) is 24.4 Å². The van der Waals surface area contributed by atoms with Gasteiger partial charge in [0.25, 0.3) is 0 Å². The van der Waals surface area contributed by atoms with Crippen LogP contribution in [-0.2, 0) is 17.9 Å². The highest BCUT2D eigenvalue weighted by atomic mass is 32.2. The number of thioether (sulfide) groups is 2. The van der Waals surface area contributed by atoms with Crippen LogP contribution in [0.2, 0.25) is 0 Å². The highest BCUT2D eigenvalue weighted by Crippen LogP contribution is 2.25. The molecule has 3 rings (SSSR count). The van der Waals surface area contributed by atoms with Gasteiger partial charge in [0, 0.05) is 56.2 Å². The minimum Gasteiger partial charge on any atom is -0.386 e. The number of amides is 1. The third kappa shape index (κ3) is 4.28. The summed E-state index contributed by atoms with van der Waals surface area (Å²) in [5.74, 6) is 4.83. The molecule has 1 aromatic heterocycles. The zero-order valence-corrected chi connectivity index (χ0v) is 16.0. The first kappa shape index (κ1) is 18.1. The molecule has 0 aromatic carbocycles. The zero-order chi connectivity index (χ0) is 17.1. The lowest BCUT2D eigenvalue weighted by Gasteiger charge is -2.33. The minimum atomic E-state index is -0.824. The van der Waals surface area contributed by atoms with E-state index in [2.05, 4.69) is 33.5 Å². The first-order chi connectivity index (χ1) is 11.5. The summed E-state index contributed by atoms with van der Waals surface area (Å²) in [6.07, 6.45) is -0.737. The molecule has 1 N–H and O–H groups in total. The molecule has 1 atom stereocenters. The van der Waals surface area contributed by atoms with Crippen LogP contribution < -0.4 is 0 Å². The summed E-state index contributed by atoms with van der Waals surface area (Å²) in [6, 6.07) is 2.59. The van der Waals surface area contributed by atoms with Crippen LogP contribution in [0.1, 0.15) is 23.9 Å². The molecule has 134 valence electrons. The number of hydrogen-bond donors (Lipinski definition) is 1. The summed E-state index contributed by atoms with van der Waals surface area (Å²) in [6.45, 7) is 2.75. The molecule has 6 nitrogen and oxygen atoms in total. The average molecular weight is 371 g/mol. The first-order valence-electron chi connectivity index (χ1n) is 8.39. The molecule has 0 saturated carbocycles. The first-order valence-corrected chi connectivity index (χ1v) is 10.7.